The van der Waals surface area contributed by atoms with Gasteiger partial charge in [-0.2, -0.15) is 0 Å². The molecule has 0 spiro atoms. The molecule has 1 aliphatic rings. The van der Waals surface area contributed by atoms with Gasteiger partial charge in [0.15, 0.2) is 0 Å². The summed E-state index contributed by atoms with van der Waals surface area (Å²) in [4.78, 5) is 14.0. The number of aliphatic carboxylic acids is 1. The van der Waals surface area contributed by atoms with Crippen LogP contribution in [0.25, 0.3) is 0 Å². The first-order valence-electron chi connectivity index (χ1n) is 9.31. The highest BCUT2D eigenvalue weighted by Crippen LogP contribution is 2.35. The fourth-order valence-electron chi connectivity index (χ4n) is 3.84. The lowest BCUT2D eigenvalue weighted by Crippen LogP contribution is -2.46. The van der Waals surface area contributed by atoms with Crippen molar-refractivity contribution in [2.45, 2.75) is 51.1 Å². The first kappa shape index (κ1) is 18.9. The van der Waals surface area contributed by atoms with E-state index in [2.05, 4.69) is 43.0 Å². The van der Waals surface area contributed by atoms with E-state index in [-0.39, 0.29) is 6.04 Å². The summed E-state index contributed by atoms with van der Waals surface area (Å²) in [6.07, 6.45) is 2.67. The van der Waals surface area contributed by atoms with Crippen LogP contribution in [0.4, 0.5) is 0 Å². The number of carboxylic acids is 1. The first-order valence-corrected chi connectivity index (χ1v) is 9.69. The van der Waals surface area contributed by atoms with Crippen molar-refractivity contribution in [1.29, 1.82) is 0 Å². The Labute approximate surface area is 160 Å². The third kappa shape index (κ3) is 4.11. The Bertz CT molecular complexity index is 757. The van der Waals surface area contributed by atoms with Gasteiger partial charge in [0.05, 0.1) is 6.04 Å². The summed E-state index contributed by atoms with van der Waals surface area (Å²) < 4.78 is 0. The second-order valence-corrected chi connectivity index (χ2v) is 7.80. The molecule has 2 unspecified atom stereocenters. The highest BCUT2D eigenvalue weighted by atomic mass is 35.5. The van der Waals surface area contributed by atoms with Gasteiger partial charge in [-0.05, 0) is 54.1 Å². The van der Waals surface area contributed by atoms with Crippen LogP contribution in [-0.2, 0) is 4.79 Å². The molecule has 1 fully saturated rings. The fraction of sp³-hybridized carbons (Fsp3) is 0.409. The van der Waals surface area contributed by atoms with Gasteiger partial charge in [-0.3, -0.25) is 9.69 Å². The minimum Gasteiger partial charge on any atom is -0.480 e. The Morgan fingerprint density at radius 1 is 1.08 bits per heavy atom. The average molecular weight is 372 g/mol. The van der Waals surface area contributed by atoms with Crippen LogP contribution in [0.1, 0.15) is 61.8 Å². The van der Waals surface area contributed by atoms with Gasteiger partial charge in [0.25, 0.3) is 0 Å². The van der Waals surface area contributed by atoms with E-state index in [9.17, 15) is 9.90 Å². The second kappa shape index (κ2) is 8.24. The van der Waals surface area contributed by atoms with Gasteiger partial charge in [-0.25, -0.2) is 0 Å². The molecule has 3 rings (SSSR count). The number of piperidine rings is 1. The number of benzene rings is 2. The molecule has 3 nitrogen and oxygen atoms in total. The Morgan fingerprint density at radius 3 is 2.38 bits per heavy atom. The molecule has 0 saturated carbocycles. The lowest BCUT2D eigenvalue weighted by atomic mass is 9.90. The van der Waals surface area contributed by atoms with Crippen LogP contribution in [0.15, 0.2) is 48.5 Å². The lowest BCUT2D eigenvalue weighted by Gasteiger charge is -2.39. The Morgan fingerprint density at radius 2 is 1.77 bits per heavy atom. The van der Waals surface area contributed by atoms with Crippen LogP contribution in [0, 0.1) is 0 Å². The van der Waals surface area contributed by atoms with Crippen molar-refractivity contribution >= 4 is 17.6 Å². The molecule has 0 radical (unpaired) electrons. The Balaban J connectivity index is 2.05. The maximum atomic E-state index is 11.9. The largest absolute Gasteiger partial charge is 0.480 e. The summed E-state index contributed by atoms with van der Waals surface area (Å²) >= 11 is 6.25. The molecule has 0 amide bonds. The maximum absolute atomic E-state index is 11.9. The summed E-state index contributed by atoms with van der Waals surface area (Å²) in [5.74, 6) is -0.272. The molecule has 26 heavy (non-hydrogen) atoms. The Kier molecular flexibility index (Phi) is 6.00. The number of likely N-dealkylation sites (tertiary alicyclic amines) is 1. The molecule has 2 atom stereocenters. The summed E-state index contributed by atoms with van der Waals surface area (Å²) in [7, 11) is 0. The van der Waals surface area contributed by atoms with E-state index in [0.29, 0.717) is 17.4 Å². The predicted octanol–water partition coefficient (Wildman–Crippen LogP) is 5.49. The monoisotopic (exact) mass is 371 g/mol. The SMILES string of the molecule is CC(C)c1ccc(C(c2cccc(Cl)c2)N2CCCCC2C(=O)O)cc1. The van der Waals surface area contributed by atoms with Crippen molar-refractivity contribution in [3.05, 3.63) is 70.2 Å². The number of hydrogen-bond acceptors (Lipinski definition) is 2. The van der Waals surface area contributed by atoms with Crippen molar-refractivity contribution in [2.24, 2.45) is 0 Å². The van der Waals surface area contributed by atoms with Gasteiger partial charge in [0, 0.05) is 5.02 Å². The number of halogens is 1. The van der Waals surface area contributed by atoms with Crippen LogP contribution in [0.3, 0.4) is 0 Å². The summed E-state index contributed by atoms with van der Waals surface area (Å²) in [5, 5.41) is 10.4. The Hall–Kier alpha value is -1.84. The molecule has 0 bridgehead atoms. The van der Waals surface area contributed by atoms with E-state index in [4.69, 9.17) is 11.6 Å². The molecular formula is C22H26ClNO2. The first-order chi connectivity index (χ1) is 12.5. The highest BCUT2D eigenvalue weighted by Gasteiger charge is 2.35. The van der Waals surface area contributed by atoms with Gasteiger partial charge in [0.2, 0.25) is 0 Å². The van der Waals surface area contributed by atoms with Crippen LogP contribution in [0.5, 0.6) is 0 Å². The molecule has 1 N–H and O–H groups in total. The van der Waals surface area contributed by atoms with E-state index < -0.39 is 12.0 Å². The van der Waals surface area contributed by atoms with Crippen molar-refractivity contribution in [2.75, 3.05) is 6.54 Å². The molecule has 0 aromatic heterocycles. The summed E-state index contributed by atoms with van der Waals surface area (Å²) in [6.45, 7) is 5.13. The van der Waals surface area contributed by atoms with Gasteiger partial charge in [-0.1, -0.05) is 68.3 Å². The quantitative estimate of drug-likeness (QED) is 0.755. The van der Waals surface area contributed by atoms with E-state index in [1.54, 1.807) is 0 Å². The number of rotatable bonds is 5. The molecular weight excluding hydrogens is 346 g/mol. The summed E-state index contributed by atoms with van der Waals surface area (Å²) in [6, 6.07) is 15.8. The lowest BCUT2D eigenvalue weighted by molar-refractivity contribution is -0.145. The smallest absolute Gasteiger partial charge is 0.320 e. The minimum atomic E-state index is -0.740. The standard InChI is InChI=1S/C22H26ClNO2/c1-15(2)16-9-11-17(12-10-16)21(18-6-5-7-19(23)14-18)24-13-4-3-8-20(24)22(25)26/h5-7,9-12,14-15,20-21H,3-4,8,13H2,1-2H3,(H,25,26). The zero-order chi connectivity index (χ0) is 18.7. The highest BCUT2D eigenvalue weighted by molar-refractivity contribution is 6.30. The predicted molar refractivity (Wildman–Crippen MR) is 106 cm³/mol. The molecule has 4 heteroatoms. The van der Waals surface area contributed by atoms with Crippen molar-refractivity contribution in [3.8, 4) is 0 Å². The number of hydrogen-bond donors (Lipinski definition) is 1. The molecule has 2 aromatic carbocycles. The van der Waals surface area contributed by atoms with Gasteiger partial charge >= 0.3 is 5.97 Å². The topological polar surface area (TPSA) is 40.5 Å². The molecule has 0 aliphatic carbocycles. The maximum Gasteiger partial charge on any atom is 0.320 e. The van der Waals surface area contributed by atoms with E-state index in [1.807, 2.05) is 24.3 Å². The third-order valence-corrected chi connectivity index (χ3v) is 5.48. The number of carbonyl (C=O) groups is 1. The molecule has 1 saturated heterocycles. The molecule has 1 heterocycles. The van der Waals surface area contributed by atoms with Crippen LogP contribution in [-0.4, -0.2) is 28.6 Å². The van der Waals surface area contributed by atoms with Crippen molar-refractivity contribution in [3.63, 3.8) is 0 Å². The van der Waals surface area contributed by atoms with Crippen molar-refractivity contribution < 1.29 is 9.90 Å². The zero-order valence-corrected chi connectivity index (χ0v) is 16.1. The van der Waals surface area contributed by atoms with Gasteiger partial charge in [0.1, 0.15) is 6.04 Å². The van der Waals surface area contributed by atoms with Crippen LogP contribution < -0.4 is 0 Å². The molecule has 2 aromatic rings. The summed E-state index contributed by atoms with van der Waals surface area (Å²) in [5.41, 5.74) is 3.44. The minimum absolute atomic E-state index is 0.101. The number of carboxylic acid groups (broad SMARTS) is 1. The van der Waals surface area contributed by atoms with E-state index in [1.165, 1.54) is 5.56 Å². The fourth-order valence-corrected chi connectivity index (χ4v) is 4.04. The van der Waals surface area contributed by atoms with Gasteiger partial charge < -0.3 is 5.11 Å². The molecule has 1 aliphatic heterocycles. The number of nitrogens with zero attached hydrogens (tertiary/aromatic N) is 1. The van der Waals surface area contributed by atoms with Crippen LogP contribution >= 0.6 is 11.6 Å². The second-order valence-electron chi connectivity index (χ2n) is 7.37. The van der Waals surface area contributed by atoms with Crippen LogP contribution in [0.2, 0.25) is 5.02 Å². The zero-order valence-electron chi connectivity index (χ0n) is 15.4. The third-order valence-electron chi connectivity index (χ3n) is 5.24. The average Bonchev–Trinajstić information content (AvgIpc) is 2.63. The van der Waals surface area contributed by atoms with Gasteiger partial charge in [-0.15, -0.1) is 0 Å². The van der Waals surface area contributed by atoms with E-state index >= 15 is 0 Å². The normalized spacial score (nSPS) is 19.5. The molecule has 138 valence electrons. The van der Waals surface area contributed by atoms with E-state index in [0.717, 1.165) is 30.5 Å². The van der Waals surface area contributed by atoms with Crippen molar-refractivity contribution in [1.82, 2.24) is 4.90 Å².